The monoisotopic (exact) mass is 569 g/mol. The predicted octanol–water partition coefficient (Wildman–Crippen LogP) is 7.07. The average Bonchev–Trinajstić information content (AvgIpc) is 3.45. The predicted molar refractivity (Wildman–Crippen MR) is 161 cm³/mol. The number of hydrogen-bond donors (Lipinski definition) is 1. The van der Waals surface area contributed by atoms with Gasteiger partial charge in [-0.1, -0.05) is 18.2 Å². The molecule has 2 amide bonds. The molecule has 0 aliphatic carbocycles. The molecule has 218 valence electrons. The topological polar surface area (TPSA) is 99.2 Å². The summed E-state index contributed by atoms with van der Waals surface area (Å²) in [7, 11) is 1.58. The fourth-order valence-electron chi connectivity index (χ4n) is 4.77. The number of pyridine rings is 1. The molecule has 0 radical (unpaired) electrons. The van der Waals surface area contributed by atoms with E-state index in [2.05, 4.69) is 10.3 Å². The molecule has 0 saturated carbocycles. The van der Waals surface area contributed by atoms with Crippen molar-refractivity contribution in [3.8, 4) is 23.0 Å². The molecule has 9 nitrogen and oxygen atoms in total. The Labute approximate surface area is 245 Å². The summed E-state index contributed by atoms with van der Waals surface area (Å²) >= 11 is 0. The molecule has 2 heterocycles. The number of carbonyl (C=O) groups is 2. The molecule has 1 N–H and O–H groups in total. The number of methoxy groups -OCH3 is 1. The van der Waals surface area contributed by atoms with E-state index in [-0.39, 0.29) is 18.0 Å². The largest absolute Gasteiger partial charge is 0.493 e. The van der Waals surface area contributed by atoms with Gasteiger partial charge in [0.1, 0.15) is 23.7 Å². The summed E-state index contributed by atoms with van der Waals surface area (Å²) in [6.45, 7) is 6.53. The number of nitrogens with zero attached hydrogens (tertiary/aromatic N) is 2. The standard InChI is InChI=1S/C33H35N3O6/c1-33(2,3)42-32(38)36-18-8-11-24(36)21-40-30-20-27-26(19-29(30)39-4)28(16-17-34-27)41-25-14-12-23(13-15-25)35-31(37)22-9-6-5-7-10-22/h5-7,9-10,12-17,19-20,24H,8,11,18,21H2,1-4H3,(H,35,37)/t24-/m0/s1. The van der Waals surface area contributed by atoms with Gasteiger partial charge in [0.15, 0.2) is 11.5 Å². The highest BCUT2D eigenvalue weighted by atomic mass is 16.6. The summed E-state index contributed by atoms with van der Waals surface area (Å²) < 4.78 is 23.6. The molecule has 3 aromatic carbocycles. The van der Waals surface area contributed by atoms with E-state index in [0.717, 1.165) is 18.2 Å². The highest BCUT2D eigenvalue weighted by Crippen LogP contribution is 2.37. The van der Waals surface area contributed by atoms with Crippen molar-refractivity contribution in [3.63, 3.8) is 0 Å². The van der Waals surface area contributed by atoms with E-state index in [1.54, 1.807) is 60.7 Å². The van der Waals surface area contributed by atoms with Crippen molar-refractivity contribution in [2.45, 2.75) is 45.3 Å². The first-order chi connectivity index (χ1) is 20.2. The Kier molecular flexibility index (Phi) is 8.47. The molecular formula is C33H35N3O6. The van der Waals surface area contributed by atoms with Gasteiger partial charge < -0.3 is 29.2 Å². The van der Waals surface area contributed by atoms with Gasteiger partial charge >= 0.3 is 6.09 Å². The molecule has 1 aliphatic heterocycles. The van der Waals surface area contributed by atoms with Crippen molar-refractivity contribution in [1.29, 1.82) is 0 Å². The fourth-order valence-corrected chi connectivity index (χ4v) is 4.77. The molecule has 1 atom stereocenters. The average molecular weight is 570 g/mol. The summed E-state index contributed by atoms with van der Waals surface area (Å²) in [5.74, 6) is 2.08. The van der Waals surface area contributed by atoms with E-state index in [1.165, 1.54) is 0 Å². The van der Waals surface area contributed by atoms with E-state index >= 15 is 0 Å². The van der Waals surface area contributed by atoms with E-state index < -0.39 is 5.60 Å². The number of likely N-dealkylation sites (tertiary alicyclic amines) is 1. The minimum absolute atomic E-state index is 0.0941. The Morgan fingerprint density at radius 3 is 2.45 bits per heavy atom. The number of anilines is 1. The highest BCUT2D eigenvalue weighted by Gasteiger charge is 2.33. The minimum Gasteiger partial charge on any atom is -0.493 e. The summed E-state index contributed by atoms with van der Waals surface area (Å²) in [6, 6.07) is 21.5. The van der Waals surface area contributed by atoms with Gasteiger partial charge in [-0.3, -0.25) is 9.78 Å². The number of benzene rings is 3. The Morgan fingerprint density at radius 1 is 0.976 bits per heavy atom. The smallest absolute Gasteiger partial charge is 0.410 e. The molecule has 9 heteroatoms. The first kappa shape index (κ1) is 28.7. The lowest BCUT2D eigenvalue weighted by Crippen LogP contribution is -2.42. The number of carbonyl (C=O) groups excluding carboxylic acids is 2. The zero-order chi connectivity index (χ0) is 29.7. The van der Waals surface area contributed by atoms with Gasteiger partial charge in [0, 0.05) is 35.4 Å². The van der Waals surface area contributed by atoms with Crippen LogP contribution in [0.5, 0.6) is 23.0 Å². The summed E-state index contributed by atoms with van der Waals surface area (Å²) in [6.07, 6.45) is 3.07. The molecule has 1 fully saturated rings. The van der Waals surface area contributed by atoms with E-state index in [1.807, 2.05) is 51.1 Å². The molecule has 0 bridgehead atoms. The maximum Gasteiger partial charge on any atom is 0.410 e. The second-order valence-electron chi connectivity index (χ2n) is 11.1. The first-order valence-corrected chi connectivity index (χ1v) is 13.9. The molecule has 4 aromatic rings. The SMILES string of the molecule is COc1cc2c(Oc3ccc(NC(=O)c4ccccc4)cc3)ccnc2cc1OC[C@@H]1CCCN1C(=O)OC(C)(C)C. The summed E-state index contributed by atoms with van der Waals surface area (Å²) in [5.41, 5.74) is 1.36. The van der Waals surface area contributed by atoms with Gasteiger partial charge in [-0.25, -0.2) is 4.79 Å². The fraction of sp³-hybridized carbons (Fsp3) is 0.303. The van der Waals surface area contributed by atoms with Crippen molar-refractivity contribution in [1.82, 2.24) is 9.88 Å². The molecule has 1 saturated heterocycles. The van der Waals surface area contributed by atoms with Gasteiger partial charge in [-0.05, 0) is 82.1 Å². The van der Waals surface area contributed by atoms with Crippen LogP contribution in [0.3, 0.4) is 0 Å². The van der Waals surface area contributed by atoms with Crippen LogP contribution in [0.15, 0.2) is 79.0 Å². The van der Waals surface area contributed by atoms with E-state index in [9.17, 15) is 9.59 Å². The Hall–Kier alpha value is -4.79. The lowest BCUT2D eigenvalue weighted by molar-refractivity contribution is 0.0186. The van der Waals surface area contributed by atoms with Gasteiger partial charge in [0.2, 0.25) is 0 Å². The Balaban J connectivity index is 1.28. The van der Waals surface area contributed by atoms with Crippen LogP contribution in [0.4, 0.5) is 10.5 Å². The van der Waals surface area contributed by atoms with Crippen molar-refractivity contribution in [2.24, 2.45) is 0 Å². The third kappa shape index (κ3) is 6.91. The van der Waals surface area contributed by atoms with Crippen LogP contribution in [0, 0.1) is 0 Å². The number of hydrogen-bond acceptors (Lipinski definition) is 7. The van der Waals surface area contributed by atoms with Crippen molar-refractivity contribution >= 4 is 28.6 Å². The van der Waals surface area contributed by atoms with Gasteiger partial charge in [0.25, 0.3) is 5.91 Å². The third-order valence-electron chi connectivity index (χ3n) is 6.80. The normalized spacial score (nSPS) is 14.9. The van der Waals surface area contributed by atoms with Gasteiger partial charge in [-0.2, -0.15) is 0 Å². The van der Waals surface area contributed by atoms with Crippen LogP contribution in [0.1, 0.15) is 44.0 Å². The molecule has 1 aliphatic rings. The molecule has 5 rings (SSSR count). The van der Waals surface area contributed by atoms with E-state index in [4.69, 9.17) is 18.9 Å². The number of amides is 2. The lowest BCUT2D eigenvalue weighted by Gasteiger charge is -2.28. The van der Waals surface area contributed by atoms with Crippen LogP contribution in [0.25, 0.3) is 10.9 Å². The first-order valence-electron chi connectivity index (χ1n) is 13.9. The molecule has 0 spiro atoms. The Bertz CT molecular complexity index is 1550. The van der Waals surface area contributed by atoms with Crippen LogP contribution >= 0.6 is 0 Å². The van der Waals surface area contributed by atoms with E-state index in [0.29, 0.717) is 52.9 Å². The zero-order valence-electron chi connectivity index (χ0n) is 24.3. The summed E-state index contributed by atoms with van der Waals surface area (Å²) in [4.78, 5) is 31.4. The quantitative estimate of drug-likeness (QED) is 0.242. The van der Waals surface area contributed by atoms with Crippen LogP contribution < -0.4 is 19.5 Å². The van der Waals surface area contributed by atoms with Crippen molar-refractivity contribution in [3.05, 3.63) is 84.6 Å². The number of nitrogens with one attached hydrogen (secondary N) is 1. The number of fused-ring (bicyclic) bond motifs is 1. The zero-order valence-corrected chi connectivity index (χ0v) is 24.3. The second-order valence-corrected chi connectivity index (χ2v) is 11.1. The maximum atomic E-state index is 12.7. The third-order valence-corrected chi connectivity index (χ3v) is 6.80. The maximum absolute atomic E-state index is 12.7. The van der Waals surface area contributed by atoms with Crippen molar-refractivity contribution in [2.75, 3.05) is 25.6 Å². The van der Waals surface area contributed by atoms with Crippen LogP contribution in [0.2, 0.25) is 0 Å². The highest BCUT2D eigenvalue weighted by molar-refractivity contribution is 6.04. The molecule has 1 aromatic heterocycles. The molecule has 42 heavy (non-hydrogen) atoms. The van der Waals surface area contributed by atoms with Crippen LogP contribution in [-0.4, -0.2) is 53.8 Å². The summed E-state index contributed by atoms with van der Waals surface area (Å²) in [5, 5.41) is 3.64. The number of rotatable bonds is 8. The molecule has 0 unspecified atom stereocenters. The van der Waals surface area contributed by atoms with Gasteiger partial charge in [0.05, 0.1) is 18.7 Å². The van der Waals surface area contributed by atoms with Gasteiger partial charge in [-0.15, -0.1) is 0 Å². The second kappa shape index (κ2) is 12.4. The Morgan fingerprint density at radius 2 is 1.74 bits per heavy atom. The van der Waals surface area contributed by atoms with Crippen LogP contribution in [-0.2, 0) is 4.74 Å². The molecular weight excluding hydrogens is 534 g/mol. The number of ether oxygens (including phenoxy) is 4. The minimum atomic E-state index is -0.557. The lowest BCUT2D eigenvalue weighted by atomic mass is 10.1. The number of aromatic nitrogens is 1. The van der Waals surface area contributed by atoms with Crippen molar-refractivity contribution < 1.29 is 28.5 Å².